The fourth-order valence-electron chi connectivity index (χ4n) is 4.04. The monoisotopic (exact) mass is 367 g/mol. The molecule has 3 heterocycles. The Balaban J connectivity index is 1.40. The molecule has 6 heteroatoms. The average molecular weight is 367 g/mol. The van der Waals surface area contributed by atoms with E-state index in [2.05, 4.69) is 44.9 Å². The summed E-state index contributed by atoms with van der Waals surface area (Å²) in [5, 5.41) is 11.0. The number of hydrogen-bond donors (Lipinski definition) is 2. The number of benzene rings is 1. The van der Waals surface area contributed by atoms with Crippen molar-refractivity contribution in [1.82, 2.24) is 20.4 Å². The van der Waals surface area contributed by atoms with Crippen LogP contribution in [-0.2, 0) is 0 Å². The Labute approximate surface area is 160 Å². The van der Waals surface area contributed by atoms with Gasteiger partial charge in [0.1, 0.15) is 5.69 Å². The maximum Gasteiger partial charge on any atom is 0.272 e. The molecule has 144 valence electrons. The van der Waals surface area contributed by atoms with Crippen LogP contribution in [0.3, 0.4) is 0 Å². The molecule has 1 amide bonds. The van der Waals surface area contributed by atoms with E-state index in [0.717, 1.165) is 44.6 Å². The van der Waals surface area contributed by atoms with Gasteiger partial charge in [-0.15, -0.1) is 0 Å². The van der Waals surface area contributed by atoms with E-state index in [4.69, 9.17) is 0 Å². The molecule has 2 aliphatic heterocycles. The number of carbonyl (C=O) groups excluding carboxylic acids is 1. The Bertz CT molecular complexity index is 774. The Hall–Kier alpha value is -2.34. The molecule has 2 fully saturated rings. The molecule has 2 aromatic rings. The van der Waals surface area contributed by atoms with Crippen molar-refractivity contribution in [3.63, 3.8) is 0 Å². The molecule has 0 radical (unpaired) electrons. The highest BCUT2D eigenvalue weighted by molar-refractivity contribution is 5.92. The summed E-state index contributed by atoms with van der Waals surface area (Å²) in [4.78, 5) is 15.1. The van der Waals surface area contributed by atoms with Crippen LogP contribution in [0.25, 0.3) is 0 Å². The summed E-state index contributed by atoms with van der Waals surface area (Å²) in [6, 6.07) is 10.6. The van der Waals surface area contributed by atoms with Gasteiger partial charge in [-0.25, -0.2) is 0 Å². The van der Waals surface area contributed by atoms with Gasteiger partial charge in [0.15, 0.2) is 0 Å². The number of aromatic nitrogens is 2. The molecule has 2 N–H and O–H groups in total. The zero-order valence-corrected chi connectivity index (χ0v) is 16.0. The fourth-order valence-corrected chi connectivity index (χ4v) is 4.04. The number of amides is 1. The van der Waals surface area contributed by atoms with Crippen LogP contribution in [0.15, 0.2) is 36.5 Å². The van der Waals surface area contributed by atoms with Crippen molar-refractivity contribution in [2.75, 3.05) is 31.1 Å². The molecule has 2 saturated heterocycles. The molecule has 2 atom stereocenters. The average Bonchev–Trinajstić information content (AvgIpc) is 3.41. The fraction of sp³-hybridized carbons (Fsp3) is 0.524. The number of piperidine rings is 1. The lowest BCUT2D eigenvalue weighted by Gasteiger charge is -2.23. The van der Waals surface area contributed by atoms with Gasteiger partial charge in [-0.3, -0.25) is 9.48 Å². The molecule has 0 saturated carbocycles. The quantitative estimate of drug-likeness (QED) is 0.853. The molecule has 6 nitrogen and oxygen atoms in total. The SMILES string of the molecule is CC(NC(=O)c1ccn(C2CCCNC2)n1)c1cccc(N2CCCC2)c1. The normalized spacial score (nSPS) is 21.2. The second-order valence-corrected chi connectivity index (χ2v) is 7.67. The number of hydrogen-bond acceptors (Lipinski definition) is 4. The van der Waals surface area contributed by atoms with Gasteiger partial charge < -0.3 is 15.5 Å². The number of carbonyl (C=O) groups is 1. The van der Waals surface area contributed by atoms with Gasteiger partial charge in [-0.05, 0) is 62.9 Å². The predicted molar refractivity (Wildman–Crippen MR) is 107 cm³/mol. The van der Waals surface area contributed by atoms with Gasteiger partial charge in [-0.1, -0.05) is 12.1 Å². The van der Waals surface area contributed by atoms with Crippen LogP contribution in [0.1, 0.15) is 60.7 Å². The number of nitrogens with zero attached hydrogens (tertiary/aromatic N) is 3. The van der Waals surface area contributed by atoms with E-state index < -0.39 is 0 Å². The highest BCUT2D eigenvalue weighted by Gasteiger charge is 2.19. The second kappa shape index (κ2) is 8.13. The summed E-state index contributed by atoms with van der Waals surface area (Å²) in [7, 11) is 0. The third-order valence-electron chi connectivity index (χ3n) is 5.67. The Morgan fingerprint density at radius 3 is 2.89 bits per heavy atom. The molecule has 0 aliphatic carbocycles. The summed E-state index contributed by atoms with van der Waals surface area (Å²) >= 11 is 0. The zero-order chi connectivity index (χ0) is 18.6. The van der Waals surface area contributed by atoms with Crippen molar-refractivity contribution in [2.45, 2.75) is 44.7 Å². The summed E-state index contributed by atoms with van der Waals surface area (Å²) in [5.41, 5.74) is 2.87. The number of anilines is 1. The lowest BCUT2D eigenvalue weighted by molar-refractivity contribution is 0.0933. The van der Waals surface area contributed by atoms with E-state index in [1.807, 2.05) is 23.9 Å². The van der Waals surface area contributed by atoms with E-state index in [9.17, 15) is 4.79 Å². The Kier molecular flexibility index (Phi) is 5.43. The molecule has 27 heavy (non-hydrogen) atoms. The minimum atomic E-state index is -0.114. The minimum absolute atomic E-state index is 0.0541. The van der Waals surface area contributed by atoms with E-state index in [1.54, 1.807) is 0 Å². The van der Waals surface area contributed by atoms with Gasteiger partial charge in [0.2, 0.25) is 0 Å². The van der Waals surface area contributed by atoms with Crippen LogP contribution in [0.5, 0.6) is 0 Å². The lowest BCUT2D eigenvalue weighted by Crippen LogP contribution is -2.32. The van der Waals surface area contributed by atoms with Gasteiger partial charge in [-0.2, -0.15) is 5.10 Å². The van der Waals surface area contributed by atoms with Crippen molar-refractivity contribution in [2.24, 2.45) is 0 Å². The van der Waals surface area contributed by atoms with Crippen LogP contribution >= 0.6 is 0 Å². The summed E-state index contributed by atoms with van der Waals surface area (Å²) < 4.78 is 1.93. The van der Waals surface area contributed by atoms with E-state index >= 15 is 0 Å². The van der Waals surface area contributed by atoms with Crippen molar-refractivity contribution in [3.05, 3.63) is 47.8 Å². The first-order chi connectivity index (χ1) is 13.2. The number of rotatable bonds is 5. The second-order valence-electron chi connectivity index (χ2n) is 7.67. The van der Waals surface area contributed by atoms with Crippen molar-refractivity contribution < 1.29 is 4.79 Å². The van der Waals surface area contributed by atoms with Gasteiger partial charge in [0, 0.05) is 31.5 Å². The van der Waals surface area contributed by atoms with E-state index in [1.165, 1.54) is 18.5 Å². The van der Waals surface area contributed by atoms with Crippen LogP contribution in [0.4, 0.5) is 5.69 Å². The molecular formula is C21H29N5O. The molecular weight excluding hydrogens is 338 g/mol. The molecule has 4 rings (SSSR count). The summed E-state index contributed by atoms with van der Waals surface area (Å²) in [6.45, 7) is 6.26. The molecule has 2 unspecified atom stereocenters. The smallest absolute Gasteiger partial charge is 0.272 e. The van der Waals surface area contributed by atoms with E-state index in [-0.39, 0.29) is 11.9 Å². The van der Waals surface area contributed by atoms with Crippen molar-refractivity contribution in [3.8, 4) is 0 Å². The standard InChI is InChI=1S/C21H29N5O/c1-16(17-6-4-7-18(14-17)25-11-2-3-12-25)23-21(27)20-9-13-26(24-20)19-8-5-10-22-15-19/h4,6-7,9,13-14,16,19,22H,2-3,5,8,10-12,15H2,1H3,(H,23,27). The maximum atomic E-state index is 12.7. The highest BCUT2D eigenvalue weighted by atomic mass is 16.2. The molecule has 0 spiro atoms. The minimum Gasteiger partial charge on any atom is -0.372 e. The molecule has 0 bridgehead atoms. The lowest BCUT2D eigenvalue weighted by atomic mass is 10.1. The van der Waals surface area contributed by atoms with Gasteiger partial charge in [0.05, 0.1) is 12.1 Å². The largest absolute Gasteiger partial charge is 0.372 e. The third kappa shape index (κ3) is 4.16. The first-order valence-electron chi connectivity index (χ1n) is 10.1. The van der Waals surface area contributed by atoms with E-state index in [0.29, 0.717) is 11.7 Å². The van der Waals surface area contributed by atoms with Gasteiger partial charge in [0.25, 0.3) is 5.91 Å². The first kappa shape index (κ1) is 18.0. The number of nitrogens with one attached hydrogen (secondary N) is 2. The van der Waals surface area contributed by atoms with Crippen LogP contribution in [-0.4, -0.2) is 41.9 Å². The predicted octanol–water partition coefficient (Wildman–Crippen LogP) is 2.90. The third-order valence-corrected chi connectivity index (χ3v) is 5.67. The molecule has 2 aliphatic rings. The van der Waals surface area contributed by atoms with Crippen LogP contribution in [0.2, 0.25) is 0 Å². The van der Waals surface area contributed by atoms with Crippen LogP contribution in [0, 0.1) is 0 Å². The maximum absolute atomic E-state index is 12.7. The molecule has 1 aromatic heterocycles. The molecule has 1 aromatic carbocycles. The highest BCUT2D eigenvalue weighted by Crippen LogP contribution is 2.24. The summed E-state index contributed by atoms with van der Waals surface area (Å²) in [6.07, 6.45) is 6.70. The van der Waals surface area contributed by atoms with Gasteiger partial charge >= 0.3 is 0 Å². The Morgan fingerprint density at radius 1 is 1.26 bits per heavy atom. The van der Waals surface area contributed by atoms with Crippen molar-refractivity contribution >= 4 is 11.6 Å². The van der Waals surface area contributed by atoms with Crippen LogP contribution < -0.4 is 15.5 Å². The first-order valence-corrected chi connectivity index (χ1v) is 10.1. The topological polar surface area (TPSA) is 62.2 Å². The van der Waals surface area contributed by atoms with Crippen molar-refractivity contribution in [1.29, 1.82) is 0 Å². The Morgan fingerprint density at radius 2 is 2.11 bits per heavy atom. The zero-order valence-electron chi connectivity index (χ0n) is 16.0. The summed E-state index contributed by atoms with van der Waals surface area (Å²) in [5.74, 6) is -0.114.